The Hall–Kier alpha value is -2.67. The molecule has 160 valence electrons. The first kappa shape index (κ1) is 20.6. The van der Waals surface area contributed by atoms with Crippen LogP contribution >= 0.6 is 0 Å². The zero-order chi connectivity index (χ0) is 20.9. The molecule has 1 saturated heterocycles. The average molecular weight is 411 g/mol. The molecule has 1 aliphatic carbocycles. The van der Waals surface area contributed by atoms with Crippen molar-refractivity contribution >= 4 is 17.7 Å². The van der Waals surface area contributed by atoms with Crippen LogP contribution in [0.25, 0.3) is 5.69 Å². The number of anilines is 1. The number of aromatic nitrogens is 2. The maximum atomic E-state index is 12.9. The molecule has 0 spiro atoms. The number of hydrogen-bond acceptors (Lipinski definition) is 5. The van der Waals surface area contributed by atoms with Crippen LogP contribution in [0.2, 0.25) is 0 Å². The second kappa shape index (κ2) is 9.43. The minimum absolute atomic E-state index is 0.138. The highest BCUT2D eigenvalue weighted by atomic mass is 16.5. The monoisotopic (exact) mass is 410 g/mol. The van der Waals surface area contributed by atoms with Gasteiger partial charge in [-0.1, -0.05) is 37.5 Å². The molecule has 2 aromatic rings. The fourth-order valence-corrected chi connectivity index (χ4v) is 4.63. The number of nitrogens with one attached hydrogen (secondary N) is 1. The zero-order valence-corrected chi connectivity index (χ0v) is 17.5. The first-order chi connectivity index (χ1) is 14.7. The molecule has 2 heterocycles. The van der Waals surface area contributed by atoms with Crippen LogP contribution in [-0.2, 0) is 14.3 Å². The van der Waals surface area contributed by atoms with Crippen LogP contribution in [0.1, 0.15) is 56.6 Å². The van der Waals surface area contributed by atoms with Crippen LogP contribution in [0.15, 0.2) is 36.4 Å². The Kier molecular flexibility index (Phi) is 6.47. The van der Waals surface area contributed by atoms with Crippen molar-refractivity contribution in [3.63, 3.8) is 0 Å². The summed E-state index contributed by atoms with van der Waals surface area (Å²) in [6.07, 6.45) is 7.44. The highest BCUT2D eigenvalue weighted by Gasteiger charge is 2.31. The van der Waals surface area contributed by atoms with Gasteiger partial charge in [0.25, 0.3) is 0 Å². The number of carbonyl (C=O) groups excluding carboxylic acids is 2. The summed E-state index contributed by atoms with van der Waals surface area (Å²) in [5.41, 5.74) is 1.96. The number of likely N-dealkylation sites (tertiary alicyclic amines) is 1. The molecule has 2 fully saturated rings. The van der Waals surface area contributed by atoms with E-state index >= 15 is 0 Å². The van der Waals surface area contributed by atoms with Crippen molar-refractivity contribution < 1.29 is 14.3 Å². The van der Waals surface area contributed by atoms with Crippen molar-refractivity contribution in [3.8, 4) is 5.69 Å². The predicted octanol–water partition coefficient (Wildman–Crippen LogP) is 3.50. The summed E-state index contributed by atoms with van der Waals surface area (Å²) in [5.74, 6) is 0.734. The number of nitrogens with zero attached hydrogens (tertiary/aromatic N) is 3. The van der Waals surface area contributed by atoms with Crippen molar-refractivity contribution in [2.45, 2.75) is 56.9 Å². The lowest BCUT2D eigenvalue weighted by molar-refractivity contribution is -0.148. The molecule has 1 aromatic carbocycles. The van der Waals surface area contributed by atoms with Crippen LogP contribution in [0.4, 0.5) is 5.82 Å². The van der Waals surface area contributed by atoms with E-state index < -0.39 is 0 Å². The molecule has 7 nitrogen and oxygen atoms in total. The quantitative estimate of drug-likeness (QED) is 0.738. The fraction of sp³-hybridized carbons (Fsp3) is 0.522. The van der Waals surface area contributed by atoms with E-state index in [0.29, 0.717) is 11.7 Å². The summed E-state index contributed by atoms with van der Waals surface area (Å²) >= 11 is 0. The second-order valence-electron chi connectivity index (χ2n) is 8.24. The van der Waals surface area contributed by atoms with E-state index in [9.17, 15) is 9.59 Å². The number of benzene rings is 1. The number of rotatable bonds is 6. The lowest BCUT2D eigenvalue weighted by Crippen LogP contribution is -2.48. The number of ether oxygens (including phenoxy) is 1. The predicted molar refractivity (Wildman–Crippen MR) is 115 cm³/mol. The summed E-state index contributed by atoms with van der Waals surface area (Å²) in [6, 6.07) is 11.5. The summed E-state index contributed by atoms with van der Waals surface area (Å²) < 4.78 is 6.75. The smallest absolute Gasteiger partial charge is 0.323 e. The molecular weight excluding hydrogens is 380 g/mol. The molecule has 1 amide bonds. The van der Waals surface area contributed by atoms with Crippen molar-refractivity contribution in [1.29, 1.82) is 0 Å². The van der Waals surface area contributed by atoms with Crippen LogP contribution in [-0.4, -0.2) is 52.8 Å². The Labute approximate surface area is 177 Å². The number of esters is 1. The zero-order valence-electron chi connectivity index (χ0n) is 17.5. The highest BCUT2D eigenvalue weighted by molar-refractivity contribution is 5.92. The Bertz CT molecular complexity index is 874. The number of carbonyl (C=O) groups is 2. The summed E-state index contributed by atoms with van der Waals surface area (Å²) in [6.45, 7) is 0.886. The van der Waals surface area contributed by atoms with E-state index in [1.54, 1.807) is 0 Å². The molecule has 7 heteroatoms. The molecule has 30 heavy (non-hydrogen) atoms. The van der Waals surface area contributed by atoms with Crippen molar-refractivity contribution in [3.05, 3.63) is 42.1 Å². The lowest BCUT2D eigenvalue weighted by atomic mass is 10.0. The van der Waals surface area contributed by atoms with Gasteiger partial charge in [0, 0.05) is 12.0 Å². The molecular formula is C23H30N4O3. The van der Waals surface area contributed by atoms with Gasteiger partial charge in [0.05, 0.1) is 25.0 Å². The van der Waals surface area contributed by atoms with E-state index in [-0.39, 0.29) is 24.5 Å². The minimum Gasteiger partial charge on any atom is -0.468 e. The van der Waals surface area contributed by atoms with E-state index in [1.165, 1.54) is 20.0 Å². The van der Waals surface area contributed by atoms with Gasteiger partial charge in [-0.2, -0.15) is 5.10 Å². The van der Waals surface area contributed by atoms with Crippen LogP contribution < -0.4 is 5.32 Å². The number of amides is 1. The molecule has 1 aromatic heterocycles. The first-order valence-corrected chi connectivity index (χ1v) is 10.9. The fourth-order valence-electron chi connectivity index (χ4n) is 4.63. The largest absolute Gasteiger partial charge is 0.468 e. The Balaban J connectivity index is 1.52. The highest BCUT2D eigenvalue weighted by Crippen LogP contribution is 2.35. The Morgan fingerprint density at radius 3 is 2.57 bits per heavy atom. The van der Waals surface area contributed by atoms with Gasteiger partial charge < -0.3 is 10.1 Å². The van der Waals surface area contributed by atoms with Crippen LogP contribution in [0, 0.1) is 0 Å². The van der Waals surface area contributed by atoms with Gasteiger partial charge >= 0.3 is 5.97 Å². The standard InChI is InChI=1S/C23H30N4O3/c1-30-23(29)20-13-7-8-14-26(20)16-22(28)24-21-15-19(17-9-5-6-10-17)25-27(21)18-11-3-2-4-12-18/h2-4,11-12,15,17,20H,5-10,13-14,16H2,1H3,(H,24,28)/t20-/m0/s1. The van der Waals surface area contributed by atoms with Crippen molar-refractivity contribution in [2.24, 2.45) is 0 Å². The van der Waals surface area contributed by atoms with Crippen LogP contribution in [0.5, 0.6) is 0 Å². The van der Waals surface area contributed by atoms with Gasteiger partial charge in [-0.3, -0.25) is 14.5 Å². The second-order valence-corrected chi connectivity index (χ2v) is 8.24. The van der Waals surface area contributed by atoms with E-state index in [4.69, 9.17) is 9.84 Å². The number of methoxy groups -OCH3 is 1. The van der Waals surface area contributed by atoms with Gasteiger partial charge in [-0.05, 0) is 44.4 Å². The molecule has 2 aliphatic rings. The minimum atomic E-state index is -0.345. The maximum Gasteiger partial charge on any atom is 0.323 e. The van der Waals surface area contributed by atoms with Gasteiger partial charge in [0.1, 0.15) is 11.9 Å². The average Bonchev–Trinajstić information content (AvgIpc) is 3.44. The third-order valence-corrected chi connectivity index (χ3v) is 6.20. The third-order valence-electron chi connectivity index (χ3n) is 6.20. The van der Waals surface area contributed by atoms with Crippen LogP contribution in [0.3, 0.4) is 0 Å². The number of para-hydroxylation sites is 1. The summed E-state index contributed by atoms with van der Waals surface area (Å²) in [7, 11) is 1.40. The topological polar surface area (TPSA) is 76.5 Å². The molecule has 1 atom stereocenters. The van der Waals surface area contributed by atoms with Crippen molar-refractivity contribution in [1.82, 2.24) is 14.7 Å². The van der Waals surface area contributed by atoms with Crippen molar-refractivity contribution in [2.75, 3.05) is 25.5 Å². The van der Waals surface area contributed by atoms with Gasteiger partial charge in [-0.15, -0.1) is 0 Å². The molecule has 1 saturated carbocycles. The van der Waals surface area contributed by atoms with Gasteiger partial charge in [0.2, 0.25) is 5.91 Å². The third kappa shape index (κ3) is 4.56. The summed E-state index contributed by atoms with van der Waals surface area (Å²) in [5, 5.41) is 7.88. The lowest BCUT2D eigenvalue weighted by Gasteiger charge is -2.32. The molecule has 1 aliphatic heterocycles. The number of hydrogen-bond donors (Lipinski definition) is 1. The SMILES string of the molecule is COC(=O)[C@@H]1CCCCN1CC(=O)Nc1cc(C2CCCC2)nn1-c1ccccc1. The maximum absolute atomic E-state index is 12.9. The Morgan fingerprint density at radius 2 is 1.83 bits per heavy atom. The molecule has 0 unspecified atom stereocenters. The molecule has 0 bridgehead atoms. The van der Waals surface area contributed by atoms with Gasteiger partial charge in [-0.25, -0.2) is 4.68 Å². The normalized spacial score (nSPS) is 20.2. The van der Waals surface area contributed by atoms with E-state index in [2.05, 4.69) is 5.32 Å². The van der Waals surface area contributed by atoms with E-state index in [0.717, 1.165) is 50.0 Å². The van der Waals surface area contributed by atoms with Gasteiger partial charge in [0.15, 0.2) is 0 Å². The summed E-state index contributed by atoms with van der Waals surface area (Å²) in [4.78, 5) is 26.9. The first-order valence-electron chi connectivity index (χ1n) is 10.9. The van der Waals surface area contributed by atoms with E-state index in [1.807, 2.05) is 46.0 Å². The molecule has 1 N–H and O–H groups in total. The number of piperidine rings is 1. The Morgan fingerprint density at radius 1 is 1.10 bits per heavy atom. The molecule has 0 radical (unpaired) electrons. The molecule has 4 rings (SSSR count).